The summed E-state index contributed by atoms with van der Waals surface area (Å²) in [7, 11) is 0. The average Bonchev–Trinajstić information content (AvgIpc) is 2.74. The van der Waals surface area contributed by atoms with Gasteiger partial charge in [-0.2, -0.15) is 12.6 Å². The number of thiazole rings is 1. The number of hydrogen-bond acceptors (Lipinski definition) is 3. The van der Waals surface area contributed by atoms with Crippen molar-refractivity contribution in [3.05, 3.63) is 40.9 Å². The summed E-state index contributed by atoms with van der Waals surface area (Å²) in [4.78, 5) is 6.07. The van der Waals surface area contributed by atoms with Crippen LogP contribution in [0.3, 0.4) is 0 Å². The van der Waals surface area contributed by atoms with Crippen LogP contribution >= 0.6 is 24.0 Å². The third-order valence-corrected chi connectivity index (χ3v) is 4.21. The first-order valence-corrected chi connectivity index (χ1v) is 7.13. The molecule has 0 spiro atoms. The van der Waals surface area contributed by atoms with Crippen molar-refractivity contribution in [2.75, 3.05) is 0 Å². The molecule has 0 radical (unpaired) electrons. The lowest BCUT2D eigenvalue weighted by atomic mass is 9.91. The van der Waals surface area contributed by atoms with Crippen molar-refractivity contribution >= 4 is 24.0 Å². The van der Waals surface area contributed by atoms with E-state index in [-0.39, 0.29) is 5.41 Å². The molecular weight excluding hydrogens is 246 g/mol. The van der Waals surface area contributed by atoms with E-state index in [9.17, 15) is 0 Å². The molecule has 0 saturated carbocycles. The highest BCUT2D eigenvalue weighted by Crippen LogP contribution is 2.35. The summed E-state index contributed by atoms with van der Waals surface area (Å²) >= 11 is 6.16. The Morgan fingerprint density at radius 1 is 1.18 bits per heavy atom. The third-order valence-electron chi connectivity index (χ3n) is 2.57. The molecule has 3 heteroatoms. The lowest BCUT2D eigenvalue weighted by molar-refractivity contribution is 0.569. The number of hydrogen-bond donors (Lipinski definition) is 1. The third kappa shape index (κ3) is 2.72. The molecule has 0 aliphatic heterocycles. The Labute approximate surface area is 112 Å². The Balaban J connectivity index is 2.49. The molecule has 0 bridgehead atoms. The van der Waals surface area contributed by atoms with E-state index in [2.05, 4.69) is 45.5 Å². The first kappa shape index (κ1) is 12.7. The Hall–Kier alpha value is -0.800. The number of nitrogens with zero attached hydrogens (tertiary/aromatic N) is 1. The van der Waals surface area contributed by atoms with Crippen LogP contribution in [-0.2, 0) is 11.2 Å². The molecule has 2 aromatic rings. The van der Waals surface area contributed by atoms with Crippen molar-refractivity contribution < 1.29 is 0 Å². The van der Waals surface area contributed by atoms with Gasteiger partial charge in [0.25, 0.3) is 0 Å². The second-order valence-corrected chi connectivity index (χ2v) is 6.46. The van der Waals surface area contributed by atoms with Gasteiger partial charge >= 0.3 is 0 Å². The minimum absolute atomic E-state index is 0.0849. The van der Waals surface area contributed by atoms with Crippen LogP contribution in [0.25, 0.3) is 10.6 Å². The highest BCUT2D eigenvalue weighted by molar-refractivity contribution is 7.79. The molecule has 0 aliphatic carbocycles. The molecule has 2 rings (SSSR count). The van der Waals surface area contributed by atoms with Gasteiger partial charge in [-0.25, -0.2) is 4.98 Å². The largest absolute Gasteiger partial charge is 0.240 e. The van der Waals surface area contributed by atoms with Crippen LogP contribution in [0.4, 0.5) is 0 Å². The maximum absolute atomic E-state index is 4.79. The van der Waals surface area contributed by atoms with Gasteiger partial charge in [0.1, 0.15) is 5.01 Å². The van der Waals surface area contributed by atoms with Crippen molar-refractivity contribution in [3.63, 3.8) is 0 Å². The molecule has 90 valence electrons. The molecule has 0 amide bonds. The first-order valence-electron chi connectivity index (χ1n) is 5.69. The second-order valence-electron chi connectivity index (χ2n) is 5.06. The van der Waals surface area contributed by atoms with Gasteiger partial charge in [0.05, 0.1) is 5.69 Å². The Morgan fingerprint density at radius 3 is 2.29 bits per heavy atom. The van der Waals surface area contributed by atoms with Crippen LogP contribution in [0.15, 0.2) is 30.3 Å². The van der Waals surface area contributed by atoms with Gasteiger partial charge in [-0.3, -0.25) is 0 Å². The SMILES string of the molecule is CC(C)(C)c1nc(-c2ccccc2)sc1CS. The number of thiol groups is 1. The van der Waals surface area contributed by atoms with Crippen molar-refractivity contribution in [3.8, 4) is 10.6 Å². The molecule has 0 atom stereocenters. The van der Waals surface area contributed by atoms with Crippen LogP contribution in [0.5, 0.6) is 0 Å². The Morgan fingerprint density at radius 2 is 1.82 bits per heavy atom. The molecule has 1 aromatic carbocycles. The number of benzene rings is 1. The summed E-state index contributed by atoms with van der Waals surface area (Å²) in [6.45, 7) is 6.59. The first-order chi connectivity index (χ1) is 8.02. The van der Waals surface area contributed by atoms with Gasteiger partial charge in [0, 0.05) is 21.6 Å². The molecule has 0 N–H and O–H groups in total. The van der Waals surface area contributed by atoms with E-state index < -0.39 is 0 Å². The van der Waals surface area contributed by atoms with Crippen LogP contribution in [0, 0.1) is 0 Å². The topological polar surface area (TPSA) is 12.9 Å². The Bertz CT molecular complexity index is 495. The Kier molecular flexibility index (Phi) is 3.59. The fourth-order valence-corrected chi connectivity index (χ4v) is 3.23. The van der Waals surface area contributed by atoms with Crippen molar-refractivity contribution in [2.24, 2.45) is 0 Å². The average molecular weight is 263 g/mol. The fourth-order valence-electron chi connectivity index (χ4n) is 1.75. The lowest BCUT2D eigenvalue weighted by Gasteiger charge is -2.16. The van der Waals surface area contributed by atoms with Crippen LogP contribution in [0.1, 0.15) is 31.3 Å². The van der Waals surface area contributed by atoms with E-state index in [1.54, 1.807) is 11.3 Å². The molecule has 17 heavy (non-hydrogen) atoms. The smallest absolute Gasteiger partial charge is 0.123 e. The molecule has 0 fully saturated rings. The molecule has 0 aliphatic rings. The summed E-state index contributed by atoms with van der Waals surface area (Å²) in [6, 6.07) is 10.3. The summed E-state index contributed by atoms with van der Waals surface area (Å²) in [5.74, 6) is 0.761. The van der Waals surface area contributed by atoms with Crippen molar-refractivity contribution in [1.82, 2.24) is 4.98 Å². The van der Waals surface area contributed by atoms with E-state index in [0.717, 1.165) is 10.8 Å². The van der Waals surface area contributed by atoms with Crippen LogP contribution in [0.2, 0.25) is 0 Å². The maximum Gasteiger partial charge on any atom is 0.123 e. The van der Waals surface area contributed by atoms with Gasteiger partial charge in [0.15, 0.2) is 0 Å². The van der Waals surface area contributed by atoms with Crippen molar-refractivity contribution in [1.29, 1.82) is 0 Å². The van der Waals surface area contributed by atoms with Crippen molar-refractivity contribution in [2.45, 2.75) is 31.9 Å². The zero-order valence-electron chi connectivity index (χ0n) is 10.4. The predicted molar refractivity (Wildman–Crippen MR) is 78.9 cm³/mol. The highest BCUT2D eigenvalue weighted by Gasteiger charge is 2.22. The molecule has 0 unspecified atom stereocenters. The van der Waals surface area contributed by atoms with Gasteiger partial charge in [-0.1, -0.05) is 51.1 Å². The molecular formula is C14H17NS2. The summed E-state index contributed by atoms with van der Waals surface area (Å²) in [6.07, 6.45) is 0. The quantitative estimate of drug-likeness (QED) is 0.785. The summed E-state index contributed by atoms with van der Waals surface area (Å²) in [5.41, 5.74) is 2.45. The van der Waals surface area contributed by atoms with E-state index in [1.807, 2.05) is 18.2 Å². The fraction of sp³-hybridized carbons (Fsp3) is 0.357. The number of aromatic nitrogens is 1. The number of rotatable bonds is 2. The van der Waals surface area contributed by atoms with Gasteiger partial charge < -0.3 is 0 Å². The van der Waals surface area contributed by atoms with Crippen LogP contribution < -0.4 is 0 Å². The summed E-state index contributed by atoms with van der Waals surface area (Å²) < 4.78 is 0. The zero-order chi connectivity index (χ0) is 12.5. The van der Waals surface area contributed by atoms with Crippen LogP contribution in [-0.4, -0.2) is 4.98 Å². The normalized spacial score (nSPS) is 11.8. The summed E-state index contributed by atoms with van der Waals surface area (Å²) in [5, 5.41) is 1.10. The maximum atomic E-state index is 4.79. The van der Waals surface area contributed by atoms with E-state index in [1.165, 1.54) is 16.1 Å². The molecule has 0 saturated heterocycles. The van der Waals surface area contributed by atoms with Gasteiger partial charge in [-0.05, 0) is 0 Å². The zero-order valence-corrected chi connectivity index (χ0v) is 12.1. The minimum Gasteiger partial charge on any atom is -0.240 e. The van der Waals surface area contributed by atoms with E-state index in [0.29, 0.717) is 0 Å². The van der Waals surface area contributed by atoms with E-state index in [4.69, 9.17) is 4.98 Å². The van der Waals surface area contributed by atoms with Gasteiger partial charge in [-0.15, -0.1) is 11.3 Å². The molecule has 1 heterocycles. The molecule has 1 nitrogen and oxygen atoms in total. The monoisotopic (exact) mass is 263 g/mol. The van der Waals surface area contributed by atoms with Gasteiger partial charge in [0.2, 0.25) is 0 Å². The molecule has 1 aromatic heterocycles. The predicted octanol–water partition coefficient (Wildman–Crippen LogP) is 4.54. The lowest BCUT2D eigenvalue weighted by Crippen LogP contribution is -2.13. The second kappa shape index (κ2) is 4.83. The minimum atomic E-state index is 0.0849. The van der Waals surface area contributed by atoms with E-state index >= 15 is 0 Å². The highest BCUT2D eigenvalue weighted by atomic mass is 32.1. The standard InChI is InChI=1S/C14H17NS2/c1-14(2,3)12-11(9-16)17-13(15-12)10-7-5-4-6-8-10/h4-8,16H,9H2,1-3H3.